The Kier molecular flexibility index (Phi) is 5.04. The first-order chi connectivity index (χ1) is 13.2. The van der Waals surface area contributed by atoms with Gasteiger partial charge in [-0.25, -0.2) is 0 Å². The normalized spacial score (nSPS) is 13.5. The first-order valence-electron chi connectivity index (χ1n) is 8.65. The van der Waals surface area contributed by atoms with Gasteiger partial charge in [0.2, 0.25) is 11.8 Å². The Balaban J connectivity index is 1.53. The fourth-order valence-corrected chi connectivity index (χ4v) is 3.89. The molecule has 0 bridgehead atoms. The van der Waals surface area contributed by atoms with Crippen molar-refractivity contribution in [2.75, 3.05) is 23.3 Å². The summed E-state index contributed by atoms with van der Waals surface area (Å²) in [6.45, 7) is 1.40. The van der Waals surface area contributed by atoms with Crippen LogP contribution in [0.2, 0.25) is 0 Å². The van der Waals surface area contributed by atoms with Gasteiger partial charge in [0.15, 0.2) is 0 Å². The molecule has 0 spiro atoms. The van der Waals surface area contributed by atoms with Crippen LogP contribution in [0.3, 0.4) is 0 Å². The maximum atomic E-state index is 13.1. The number of hydrogen-bond donors (Lipinski definition) is 1. The van der Waals surface area contributed by atoms with E-state index in [0.29, 0.717) is 18.8 Å². The van der Waals surface area contributed by atoms with Crippen LogP contribution >= 0.6 is 11.3 Å². The van der Waals surface area contributed by atoms with Crippen LogP contribution in [0.5, 0.6) is 0 Å². The van der Waals surface area contributed by atoms with Crippen LogP contribution in [-0.2, 0) is 22.7 Å². The third-order valence-electron chi connectivity index (χ3n) is 4.35. The van der Waals surface area contributed by atoms with E-state index in [1.165, 1.54) is 4.88 Å². The van der Waals surface area contributed by atoms with E-state index in [1.807, 2.05) is 52.7 Å². The van der Waals surface area contributed by atoms with Crippen molar-refractivity contribution in [2.24, 2.45) is 0 Å². The number of furan rings is 1. The zero-order valence-corrected chi connectivity index (χ0v) is 15.4. The second kappa shape index (κ2) is 7.77. The van der Waals surface area contributed by atoms with Crippen molar-refractivity contribution < 1.29 is 14.0 Å². The Labute approximate surface area is 161 Å². The number of para-hydroxylation sites is 2. The molecule has 0 saturated heterocycles. The highest BCUT2D eigenvalue weighted by Crippen LogP contribution is 2.29. The van der Waals surface area contributed by atoms with Crippen LogP contribution in [0.15, 0.2) is 64.6 Å². The van der Waals surface area contributed by atoms with Gasteiger partial charge in [0.25, 0.3) is 0 Å². The van der Waals surface area contributed by atoms with E-state index in [9.17, 15) is 9.59 Å². The Bertz CT molecular complexity index is 886. The van der Waals surface area contributed by atoms with Crippen LogP contribution in [0, 0.1) is 0 Å². The van der Waals surface area contributed by atoms with Gasteiger partial charge in [0, 0.05) is 11.4 Å². The lowest BCUT2D eigenvalue weighted by Crippen LogP contribution is -2.46. The van der Waals surface area contributed by atoms with E-state index in [2.05, 4.69) is 5.32 Å². The van der Waals surface area contributed by atoms with Crippen molar-refractivity contribution in [1.82, 2.24) is 4.90 Å². The third kappa shape index (κ3) is 4.10. The fraction of sp³-hybridized carbons (Fsp3) is 0.200. The van der Waals surface area contributed by atoms with Gasteiger partial charge in [0.1, 0.15) is 12.3 Å². The summed E-state index contributed by atoms with van der Waals surface area (Å²) in [7, 11) is 0. The maximum absolute atomic E-state index is 13.1. The molecule has 0 unspecified atom stereocenters. The van der Waals surface area contributed by atoms with E-state index in [0.717, 1.165) is 11.4 Å². The summed E-state index contributed by atoms with van der Waals surface area (Å²) >= 11 is 1.65. The highest BCUT2D eigenvalue weighted by Gasteiger charge is 2.28. The molecule has 1 aromatic carbocycles. The van der Waals surface area contributed by atoms with Gasteiger partial charge in [-0.15, -0.1) is 11.3 Å². The Morgan fingerprint density at radius 2 is 2.04 bits per heavy atom. The topological polar surface area (TPSA) is 65.8 Å². The molecule has 138 valence electrons. The number of amides is 2. The number of thiophene rings is 1. The smallest absolute Gasteiger partial charge is 0.244 e. The average molecular weight is 381 g/mol. The molecule has 3 aromatic rings. The number of nitrogens with zero attached hydrogens (tertiary/aromatic N) is 2. The predicted octanol–water partition coefficient (Wildman–Crippen LogP) is 3.33. The number of rotatable bonds is 6. The molecular formula is C20H19N3O3S. The largest absolute Gasteiger partial charge is 0.468 e. The summed E-state index contributed by atoms with van der Waals surface area (Å²) in [5.74, 6) is 0.509. The summed E-state index contributed by atoms with van der Waals surface area (Å²) in [6.07, 6.45) is 1.63. The molecule has 2 amide bonds. The molecule has 1 aliphatic heterocycles. The van der Waals surface area contributed by atoms with Crippen molar-refractivity contribution in [3.63, 3.8) is 0 Å². The van der Waals surface area contributed by atoms with Crippen LogP contribution in [-0.4, -0.2) is 29.8 Å². The van der Waals surface area contributed by atoms with E-state index in [1.54, 1.807) is 28.6 Å². The summed E-state index contributed by atoms with van der Waals surface area (Å²) in [5.41, 5.74) is 1.40. The SMILES string of the molecule is O=C1CN(C(=O)CN(Cc2ccco2)Cc2cccs2)c2ccccc2N1. The van der Waals surface area contributed by atoms with Gasteiger partial charge in [-0.3, -0.25) is 19.4 Å². The quantitative estimate of drug-likeness (QED) is 0.711. The molecule has 0 atom stereocenters. The van der Waals surface area contributed by atoms with Crippen LogP contribution < -0.4 is 10.2 Å². The summed E-state index contributed by atoms with van der Waals surface area (Å²) in [5, 5.41) is 4.83. The Morgan fingerprint density at radius 1 is 1.15 bits per heavy atom. The molecule has 1 N–H and O–H groups in total. The third-order valence-corrected chi connectivity index (χ3v) is 5.21. The Hall–Kier alpha value is -2.90. The minimum absolute atomic E-state index is 0.0312. The highest BCUT2D eigenvalue weighted by atomic mass is 32.1. The predicted molar refractivity (Wildman–Crippen MR) is 105 cm³/mol. The van der Waals surface area contributed by atoms with E-state index in [4.69, 9.17) is 4.42 Å². The van der Waals surface area contributed by atoms with E-state index < -0.39 is 0 Å². The van der Waals surface area contributed by atoms with Gasteiger partial charge in [-0.1, -0.05) is 18.2 Å². The minimum atomic E-state index is -0.183. The number of benzene rings is 1. The fourth-order valence-electron chi connectivity index (χ4n) is 3.15. The minimum Gasteiger partial charge on any atom is -0.468 e. The van der Waals surface area contributed by atoms with Crippen molar-refractivity contribution in [1.29, 1.82) is 0 Å². The lowest BCUT2D eigenvalue weighted by Gasteiger charge is -2.31. The van der Waals surface area contributed by atoms with Gasteiger partial charge >= 0.3 is 0 Å². The zero-order chi connectivity index (χ0) is 18.6. The van der Waals surface area contributed by atoms with E-state index >= 15 is 0 Å². The zero-order valence-electron chi connectivity index (χ0n) is 14.6. The second-order valence-corrected chi connectivity index (χ2v) is 7.38. The number of carbonyl (C=O) groups is 2. The molecule has 2 aromatic heterocycles. The summed E-state index contributed by atoms with van der Waals surface area (Å²) < 4.78 is 5.46. The lowest BCUT2D eigenvalue weighted by atomic mass is 10.2. The first-order valence-corrected chi connectivity index (χ1v) is 9.53. The summed E-state index contributed by atoms with van der Waals surface area (Å²) in [4.78, 5) is 29.8. The average Bonchev–Trinajstić information content (AvgIpc) is 3.35. The number of fused-ring (bicyclic) bond motifs is 1. The first kappa shape index (κ1) is 17.5. The molecule has 0 saturated carbocycles. The molecule has 0 fully saturated rings. The number of carbonyl (C=O) groups excluding carboxylic acids is 2. The monoisotopic (exact) mass is 381 g/mol. The second-order valence-electron chi connectivity index (χ2n) is 6.35. The molecular weight excluding hydrogens is 362 g/mol. The van der Waals surface area contributed by atoms with Crippen LogP contribution in [0.25, 0.3) is 0 Å². The molecule has 7 heteroatoms. The van der Waals surface area contributed by atoms with Gasteiger partial charge < -0.3 is 9.73 Å². The molecule has 4 rings (SSSR count). The van der Waals surface area contributed by atoms with Gasteiger partial charge in [-0.05, 0) is 35.7 Å². The van der Waals surface area contributed by atoms with E-state index in [-0.39, 0.29) is 24.9 Å². The van der Waals surface area contributed by atoms with Gasteiger partial charge in [0.05, 0.1) is 30.7 Å². The highest BCUT2D eigenvalue weighted by molar-refractivity contribution is 7.09. The molecule has 3 heterocycles. The van der Waals surface area contributed by atoms with Crippen molar-refractivity contribution >= 4 is 34.5 Å². The van der Waals surface area contributed by atoms with Crippen molar-refractivity contribution in [3.8, 4) is 0 Å². The number of anilines is 2. The molecule has 0 radical (unpaired) electrons. The standard InChI is InChI=1S/C20H19N3O3S/c24-19-13-23(18-8-2-1-7-17(18)21-19)20(25)14-22(11-15-5-3-9-26-15)12-16-6-4-10-27-16/h1-10H,11-14H2,(H,21,24). The molecule has 27 heavy (non-hydrogen) atoms. The van der Waals surface area contributed by atoms with Crippen LogP contribution in [0.4, 0.5) is 11.4 Å². The summed E-state index contributed by atoms with van der Waals surface area (Å²) in [6, 6.07) is 15.1. The Morgan fingerprint density at radius 3 is 2.81 bits per heavy atom. The number of nitrogens with one attached hydrogen (secondary N) is 1. The molecule has 1 aliphatic rings. The molecule has 6 nitrogen and oxygen atoms in total. The molecule has 0 aliphatic carbocycles. The maximum Gasteiger partial charge on any atom is 0.244 e. The lowest BCUT2D eigenvalue weighted by molar-refractivity contribution is -0.122. The van der Waals surface area contributed by atoms with Gasteiger partial charge in [-0.2, -0.15) is 0 Å². The number of hydrogen-bond acceptors (Lipinski definition) is 5. The van der Waals surface area contributed by atoms with Crippen LogP contribution in [0.1, 0.15) is 10.6 Å². The van der Waals surface area contributed by atoms with Crippen molar-refractivity contribution in [3.05, 3.63) is 70.8 Å². The van der Waals surface area contributed by atoms with Crippen molar-refractivity contribution in [2.45, 2.75) is 13.1 Å².